The zero-order chi connectivity index (χ0) is 9.26. The molecule has 0 atom stereocenters. The van der Waals surface area contributed by atoms with E-state index in [9.17, 15) is 0 Å². The standard InChI is InChI=1S/C7H4Br2N4/c8-4-1-2-5(10-3-4)6-7(9)12-13-11-6/h1-3H,(H,11,12,13). The second kappa shape index (κ2) is 3.55. The van der Waals surface area contributed by atoms with Gasteiger partial charge in [-0.15, -0.1) is 5.10 Å². The number of rotatable bonds is 1. The Morgan fingerprint density at radius 2 is 2.00 bits per heavy atom. The van der Waals surface area contributed by atoms with Crippen LogP contribution in [0, 0.1) is 0 Å². The van der Waals surface area contributed by atoms with Crippen molar-refractivity contribution < 1.29 is 0 Å². The molecular formula is C7H4Br2N4. The Balaban J connectivity index is 2.47. The monoisotopic (exact) mass is 302 g/mol. The van der Waals surface area contributed by atoms with Crippen LogP contribution in [0.15, 0.2) is 27.4 Å². The van der Waals surface area contributed by atoms with Crippen molar-refractivity contribution in [1.82, 2.24) is 20.4 Å². The van der Waals surface area contributed by atoms with Crippen molar-refractivity contribution in [1.29, 1.82) is 0 Å². The van der Waals surface area contributed by atoms with Gasteiger partial charge in [-0.25, -0.2) is 0 Å². The Bertz CT molecular complexity index is 409. The molecule has 0 aliphatic carbocycles. The summed E-state index contributed by atoms with van der Waals surface area (Å²) in [6.45, 7) is 0. The number of hydrogen-bond acceptors (Lipinski definition) is 3. The van der Waals surface area contributed by atoms with Gasteiger partial charge in [-0.2, -0.15) is 10.3 Å². The van der Waals surface area contributed by atoms with Crippen molar-refractivity contribution in [3.05, 3.63) is 27.4 Å². The van der Waals surface area contributed by atoms with Crippen molar-refractivity contribution in [2.45, 2.75) is 0 Å². The molecule has 2 aromatic rings. The van der Waals surface area contributed by atoms with E-state index in [0.717, 1.165) is 10.2 Å². The van der Waals surface area contributed by atoms with E-state index < -0.39 is 0 Å². The first-order chi connectivity index (χ1) is 6.27. The molecule has 0 radical (unpaired) electrons. The Kier molecular flexibility index (Phi) is 2.41. The normalized spacial score (nSPS) is 10.3. The zero-order valence-corrected chi connectivity index (χ0v) is 9.50. The van der Waals surface area contributed by atoms with Crippen molar-refractivity contribution in [2.24, 2.45) is 0 Å². The van der Waals surface area contributed by atoms with Crippen molar-refractivity contribution in [3.8, 4) is 11.4 Å². The maximum atomic E-state index is 4.18. The van der Waals surface area contributed by atoms with Crippen LogP contribution < -0.4 is 0 Å². The fourth-order valence-electron chi connectivity index (χ4n) is 0.897. The highest BCUT2D eigenvalue weighted by atomic mass is 79.9. The molecule has 6 heteroatoms. The van der Waals surface area contributed by atoms with Gasteiger partial charge < -0.3 is 0 Å². The van der Waals surface area contributed by atoms with Gasteiger partial charge in [-0.05, 0) is 44.0 Å². The summed E-state index contributed by atoms with van der Waals surface area (Å²) in [5, 5.41) is 10.3. The van der Waals surface area contributed by atoms with Gasteiger partial charge in [0.15, 0.2) is 4.60 Å². The average Bonchev–Trinajstić information content (AvgIpc) is 2.53. The lowest BCUT2D eigenvalue weighted by molar-refractivity contribution is 0.934. The van der Waals surface area contributed by atoms with Crippen LogP contribution in [-0.2, 0) is 0 Å². The molecular weight excluding hydrogens is 300 g/mol. The molecule has 13 heavy (non-hydrogen) atoms. The Morgan fingerprint density at radius 3 is 2.54 bits per heavy atom. The molecule has 2 rings (SSSR count). The lowest BCUT2D eigenvalue weighted by Crippen LogP contribution is -1.83. The van der Waals surface area contributed by atoms with E-state index in [1.807, 2.05) is 12.1 Å². The second-order valence-corrected chi connectivity index (χ2v) is 3.99. The molecule has 0 saturated heterocycles. The highest BCUT2D eigenvalue weighted by molar-refractivity contribution is 9.10. The predicted molar refractivity (Wildman–Crippen MR) is 55.0 cm³/mol. The van der Waals surface area contributed by atoms with Crippen LogP contribution in [0.1, 0.15) is 0 Å². The van der Waals surface area contributed by atoms with Gasteiger partial charge in [0, 0.05) is 10.7 Å². The van der Waals surface area contributed by atoms with Crippen LogP contribution in [-0.4, -0.2) is 20.4 Å². The molecule has 0 aromatic carbocycles. The van der Waals surface area contributed by atoms with E-state index in [4.69, 9.17) is 0 Å². The minimum atomic E-state index is 0.669. The molecule has 0 fully saturated rings. The molecule has 0 aliphatic heterocycles. The van der Waals surface area contributed by atoms with Crippen LogP contribution in [0.5, 0.6) is 0 Å². The molecule has 4 nitrogen and oxygen atoms in total. The van der Waals surface area contributed by atoms with E-state index in [1.54, 1.807) is 6.20 Å². The summed E-state index contributed by atoms with van der Waals surface area (Å²) in [6.07, 6.45) is 1.72. The molecule has 0 bridgehead atoms. The summed E-state index contributed by atoms with van der Waals surface area (Å²) >= 11 is 6.57. The van der Waals surface area contributed by atoms with Crippen molar-refractivity contribution in [2.75, 3.05) is 0 Å². The predicted octanol–water partition coefficient (Wildman–Crippen LogP) is 2.39. The third-order valence-electron chi connectivity index (χ3n) is 1.48. The van der Waals surface area contributed by atoms with Crippen molar-refractivity contribution >= 4 is 31.9 Å². The lowest BCUT2D eigenvalue weighted by atomic mass is 10.3. The van der Waals surface area contributed by atoms with E-state index >= 15 is 0 Å². The fraction of sp³-hybridized carbons (Fsp3) is 0. The number of aromatic amines is 1. The highest BCUT2D eigenvalue weighted by Crippen LogP contribution is 2.22. The quantitative estimate of drug-likeness (QED) is 0.880. The molecule has 0 saturated carbocycles. The maximum Gasteiger partial charge on any atom is 0.157 e. The molecule has 66 valence electrons. The Hall–Kier alpha value is -0.750. The number of pyridine rings is 1. The number of halogens is 2. The smallest absolute Gasteiger partial charge is 0.157 e. The SMILES string of the molecule is Brc1ccc(-c2n[nH]nc2Br)nc1. The summed E-state index contributed by atoms with van der Waals surface area (Å²) in [5.41, 5.74) is 1.50. The number of aromatic nitrogens is 4. The first-order valence-electron chi connectivity index (χ1n) is 3.45. The topological polar surface area (TPSA) is 54.5 Å². The fourth-order valence-corrected chi connectivity index (χ4v) is 1.50. The minimum absolute atomic E-state index is 0.669. The summed E-state index contributed by atoms with van der Waals surface area (Å²) in [4.78, 5) is 4.18. The molecule has 1 N–H and O–H groups in total. The molecule has 2 aromatic heterocycles. The van der Waals surface area contributed by atoms with Gasteiger partial charge in [-0.3, -0.25) is 4.98 Å². The number of H-pyrrole nitrogens is 1. The van der Waals surface area contributed by atoms with Crippen LogP contribution in [0.3, 0.4) is 0 Å². The Labute approximate surface area is 91.0 Å². The van der Waals surface area contributed by atoms with Crippen LogP contribution in [0.4, 0.5) is 0 Å². The van der Waals surface area contributed by atoms with Gasteiger partial charge in [0.1, 0.15) is 5.69 Å². The minimum Gasteiger partial charge on any atom is -0.253 e. The van der Waals surface area contributed by atoms with E-state index in [1.165, 1.54) is 0 Å². The van der Waals surface area contributed by atoms with Crippen LogP contribution in [0.25, 0.3) is 11.4 Å². The Morgan fingerprint density at radius 1 is 1.15 bits per heavy atom. The third-order valence-corrected chi connectivity index (χ3v) is 2.50. The summed E-state index contributed by atoms with van der Waals surface area (Å²) in [5.74, 6) is 0. The van der Waals surface area contributed by atoms with E-state index in [-0.39, 0.29) is 0 Å². The van der Waals surface area contributed by atoms with Gasteiger partial charge in [0.2, 0.25) is 0 Å². The van der Waals surface area contributed by atoms with Gasteiger partial charge in [0.05, 0.1) is 5.69 Å². The van der Waals surface area contributed by atoms with Crippen LogP contribution >= 0.6 is 31.9 Å². The first-order valence-corrected chi connectivity index (χ1v) is 5.04. The average molecular weight is 304 g/mol. The first kappa shape index (κ1) is 8.83. The zero-order valence-electron chi connectivity index (χ0n) is 6.33. The molecule has 0 aliphatic rings. The van der Waals surface area contributed by atoms with Crippen molar-refractivity contribution in [3.63, 3.8) is 0 Å². The van der Waals surface area contributed by atoms with Gasteiger partial charge >= 0.3 is 0 Å². The molecule has 0 spiro atoms. The van der Waals surface area contributed by atoms with E-state index in [0.29, 0.717) is 10.3 Å². The summed E-state index contributed by atoms with van der Waals surface area (Å²) in [7, 11) is 0. The molecule has 0 amide bonds. The van der Waals surface area contributed by atoms with Gasteiger partial charge in [-0.1, -0.05) is 0 Å². The molecule has 2 heterocycles. The molecule has 0 unspecified atom stereocenters. The van der Waals surface area contributed by atoms with Gasteiger partial charge in [0.25, 0.3) is 0 Å². The third kappa shape index (κ3) is 1.78. The summed E-state index contributed by atoms with van der Waals surface area (Å²) < 4.78 is 1.61. The second-order valence-electron chi connectivity index (χ2n) is 2.32. The highest BCUT2D eigenvalue weighted by Gasteiger charge is 2.07. The van der Waals surface area contributed by atoms with Crippen LogP contribution in [0.2, 0.25) is 0 Å². The summed E-state index contributed by atoms with van der Waals surface area (Å²) in [6, 6.07) is 3.77. The maximum absolute atomic E-state index is 4.18. The lowest BCUT2D eigenvalue weighted by Gasteiger charge is -1.94. The number of nitrogens with one attached hydrogen (secondary N) is 1. The largest absolute Gasteiger partial charge is 0.253 e. The number of nitrogens with zero attached hydrogens (tertiary/aromatic N) is 3. The number of hydrogen-bond donors (Lipinski definition) is 1. The van der Waals surface area contributed by atoms with E-state index in [2.05, 4.69) is 52.3 Å².